The first kappa shape index (κ1) is 19.4. The second-order valence-corrected chi connectivity index (χ2v) is 9.33. The maximum Gasteiger partial charge on any atom is 0.311 e. The van der Waals surface area contributed by atoms with Gasteiger partial charge in [-0.15, -0.1) is 0 Å². The van der Waals surface area contributed by atoms with Gasteiger partial charge in [0.05, 0.1) is 0 Å². The largest absolute Gasteiger partial charge is 0.423 e. The smallest absolute Gasteiger partial charge is 0.311 e. The van der Waals surface area contributed by atoms with Crippen molar-refractivity contribution in [3.63, 3.8) is 0 Å². The predicted molar refractivity (Wildman–Crippen MR) is 106 cm³/mol. The molecule has 0 amide bonds. The molecule has 150 valence electrons. The predicted octanol–water partition coefficient (Wildman–Crippen LogP) is 4.84. The Kier molecular flexibility index (Phi) is 4.71. The molecule has 0 radical (unpaired) electrons. The van der Waals surface area contributed by atoms with Crippen LogP contribution in [0.25, 0.3) is 0 Å². The Morgan fingerprint density at radius 1 is 1.25 bits per heavy atom. The zero-order chi connectivity index (χ0) is 20.1. The fourth-order valence-corrected chi connectivity index (χ4v) is 6.43. The van der Waals surface area contributed by atoms with E-state index in [9.17, 15) is 14.4 Å². The minimum Gasteiger partial charge on any atom is -0.423 e. The zero-order valence-electron chi connectivity index (χ0n) is 17.2. The molecule has 0 spiro atoms. The average Bonchev–Trinajstić information content (AvgIpc) is 3.03. The molecule has 4 rings (SSSR count). The van der Waals surface area contributed by atoms with Crippen LogP contribution in [0.4, 0.5) is 0 Å². The highest BCUT2D eigenvalue weighted by atomic mass is 16.5. The van der Waals surface area contributed by atoms with E-state index in [0.717, 1.165) is 50.4 Å². The van der Waals surface area contributed by atoms with Gasteiger partial charge < -0.3 is 4.74 Å². The number of fused-ring (bicyclic) bond motifs is 5. The first-order valence-corrected chi connectivity index (χ1v) is 10.7. The summed E-state index contributed by atoms with van der Waals surface area (Å²) in [6, 6.07) is 0. The number of ether oxygens (including phenoxy) is 1. The van der Waals surface area contributed by atoms with Crippen LogP contribution in [-0.4, -0.2) is 18.0 Å². The molecule has 4 heteroatoms. The molecule has 0 N–H and O–H groups in total. The van der Waals surface area contributed by atoms with Crippen LogP contribution >= 0.6 is 0 Å². The molecule has 0 heterocycles. The molecule has 4 atom stereocenters. The number of carbonyl (C=O) groups is 3. The van der Waals surface area contributed by atoms with Gasteiger partial charge in [-0.25, -0.2) is 0 Å². The number of hydrogen-bond donors (Lipinski definition) is 0. The fraction of sp³-hybridized carbons (Fsp3) is 0.625. The van der Waals surface area contributed by atoms with Crippen molar-refractivity contribution in [3.8, 4) is 0 Å². The molecule has 28 heavy (non-hydrogen) atoms. The van der Waals surface area contributed by atoms with Crippen LogP contribution in [-0.2, 0) is 19.1 Å². The van der Waals surface area contributed by atoms with Crippen molar-refractivity contribution in [3.05, 3.63) is 34.6 Å². The van der Waals surface area contributed by atoms with Crippen LogP contribution in [0, 0.1) is 22.7 Å². The summed E-state index contributed by atoms with van der Waals surface area (Å²) in [5, 5.41) is 0. The van der Waals surface area contributed by atoms with Crippen LogP contribution in [0.3, 0.4) is 0 Å². The van der Waals surface area contributed by atoms with Crippen molar-refractivity contribution in [2.45, 2.75) is 72.1 Å². The lowest BCUT2D eigenvalue weighted by molar-refractivity contribution is -0.140. The van der Waals surface area contributed by atoms with E-state index in [1.165, 1.54) is 11.1 Å². The highest BCUT2D eigenvalue weighted by Gasteiger charge is 2.55. The van der Waals surface area contributed by atoms with Crippen LogP contribution in [0.2, 0.25) is 0 Å². The lowest BCUT2D eigenvalue weighted by Gasteiger charge is -2.52. The summed E-state index contributed by atoms with van der Waals surface area (Å²) in [6.45, 7) is 6.30. The van der Waals surface area contributed by atoms with Crippen LogP contribution < -0.4 is 0 Å². The van der Waals surface area contributed by atoms with Crippen LogP contribution in [0.5, 0.6) is 0 Å². The van der Waals surface area contributed by atoms with Crippen molar-refractivity contribution in [2.75, 3.05) is 0 Å². The molecule has 0 aromatic heterocycles. The molecule has 2 fully saturated rings. The number of aldehydes is 1. The van der Waals surface area contributed by atoms with Crippen molar-refractivity contribution < 1.29 is 19.1 Å². The summed E-state index contributed by atoms with van der Waals surface area (Å²) in [6.07, 6.45) is 11.6. The van der Waals surface area contributed by atoms with E-state index >= 15 is 0 Å². The van der Waals surface area contributed by atoms with Gasteiger partial charge in [-0.1, -0.05) is 38.0 Å². The summed E-state index contributed by atoms with van der Waals surface area (Å²) in [7, 11) is 0. The number of carbonyl (C=O) groups excluding carboxylic acids is 3. The van der Waals surface area contributed by atoms with E-state index in [0.29, 0.717) is 18.3 Å². The van der Waals surface area contributed by atoms with Crippen molar-refractivity contribution in [1.29, 1.82) is 0 Å². The van der Waals surface area contributed by atoms with E-state index in [-0.39, 0.29) is 34.8 Å². The lowest BCUT2D eigenvalue weighted by atomic mass is 9.51. The molecule has 0 saturated heterocycles. The maximum absolute atomic E-state index is 11.9. The van der Waals surface area contributed by atoms with Gasteiger partial charge in [-0.05, 0) is 67.4 Å². The Bertz CT molecular complexity index is 830. The van der Waals surface area contributed by atoms with E-state index in [2.05, 4.69) is 19.9 Å². The first-order chi connectivity index (χ1) is 13.3. The van der Waals surface area contributed by atoms with Crippen LogP contribution in [0.1, 0.15) is 72.1 Å². The number of allylic oxidation sites excluding steroid dienone is 6. The Hall–Kier alpha value is -1.97. The first-order valence-electron chi connectivity index (χ1n) is 10.7. The van der Waals surface area contributed by atoms with Crippen molar-refractivity contribution >= 4 is 18.0 Å². The molecule has 4 nitrogen and oxygen atoms in total. The van der Waals surface area contributed by atoms with E-state index in [1.807, 2.05) is 6.08 Å². The summed E-state index contributed by atoms with van der Waals surface area (Å²) in [5.74, 6) is 1.13. The molecule has 0 aromatic rings. The third kappa shape index (κ3) is 2.75. The number of ketones is 1. The number of hydrogen-bond acceptors (Lipinski definition) is 4. The normalized spacial score (nSPS) is 38.5. The molecule has 4 aliphatic carbocycles. The summed E-state index contributed by atoms with van der Waals surface area (Å²) >= 11 is 0. The second kappa shape index (κ2) is 6.82. The molecule has 0 aliphatic heterocycles. The van der Waals surface area contributed by atoms with E-state index in [1.54, 1.807) is 6.92 Å². The van der Waals surface area contributed by atoms with Crippen molar-refractivity contribution in [1.82, 2.24) is 0 Å². The van der Waals surface area contributed by atoms with Gasteiger partial charge in [0.1, 0.15) is 0 Å². The van der Waals surface area contributed by atoms with Gasteiger partial charge in [0.15, 0.2) is 17.8 Å². The molecule has 0 aromatic carbocycles. The lowest BCUT2D eigenvalue weighted by Crippen LogP contribution is -2.43. The molecule has 0 unspecified atom stereocenters. The highest BCUT2D eigenvalue weighted by molar-refractivity contribution is 5.92. The fourth-order valence-electron chi connectivity index (χ4n) is 6.43. The van der Waals surface area contributed by atoms with Gasteiger partial charge >= 0.3 is 5.97 Å². The van der Waals surface area contributed by atoms with Gasteiger partial charge in [0.2, 0.25) is 0 Å². The molecular formula is C24H30O4. The third-order valence-corrected chi connectivity index (χ3v) is 8.04. The van der Waals surface area contributed by atoms with Gasteiger partial charge in [-0.3, -0.25) is 14.4 Å². The summed E-state index contributed by atoms with van der Waals surface area (Å²) < 4.78 is 5.41. The van der Waals surface area contributed by atoms with Crippen molar-refractivity contribution in [2.24, 2.45) is 22.7 Å². The standard InChI is InChI=1S/C24H30O4/c1-4-22(27)28-21(14-25)20-8-7-18-17-6-5-15-13-16(26)9-11-23(15,2)19(17)10-12-24(18,20)3/h10,13-14,17-18H,4-9,11-12H2,1-3H3/t17-,18-,23-,24-/m0/s1. The maximum atomic E-state index is 11.9. The zero-order valence-corrected chi connectivity index (χ0v) is 17.2. The third-order valence-electron chi connectivity index (χ3n) is 8.04. The molecule has 4 aliphatic rings. The molecular weight excluding hydrogens is 352 g/mol. The topological polar surface area (TPSA) is 60.4 Å². The SMILES string of the molecule is CCC(=O)OC(C=O)=C1CC[C@H]2[C@@H]3CCC4=CC(=O)CC[C@]4(C)C3=CC[C@]12C. The highest BCUT2D eigenvalue weighted by Crippen LogP contribution is 2.64. The Labute approximate surface area is 167 Å². The minimum absolute atomic E-state index is 0.0206. The quantitative estimate of drug-likeness (QED) is 0.230. The van der Waals surface area contributed by atoms with Crippen LogP contribution in [0.15, 0.2) is 34.6 Å². The van der Waals surface area contributed by atoms with E-state index in [4.69, 9.17) is 4.74 Å². The minimum atomic E-state index is -0.347. The monoisotopic (exact) mass is 382 g/mol. The molecule has 2 saturated carbocycles. The van der Waals surface area contributed by atoms with Gasteiger partial charge in [-0.2, -0.15) is 0 Å². The average molecular weight is 383 g/mol. The Morgan fingerprint density at radius 2 is 2.04 bits per heavy atom. The van der Waals surface area contributed by atoms with Gasteiger partial charge in [0.25, 0.3) is 0 Å². The second-order valence-electron chi connectivity index (χ2n) is 9.33. The number of rotatable bonds is 3. The molecule has 0 bridgehead atoms. The summed E-state index contributed by atoms with van der Waals surface area (Å²) in [4.78, 5) is 35.5. The summed E-state index contributed by atoms with van der Waals surface area (Å²) in [5.41, 5.74) is 3.75. The number of esters is 1. The Balaban J connectivity index is 1.72. The Morgan fingerprint density at radius 3 is 2.75 bits per heavy atom. The van der Waals surface area contributed by atoms with E-state index < -0.39 is 0 Å². The van der Waals surface area contributed by atoms with Gasteiger partial charge in [0, 0.05) is 18.3 Å².